The van der Waals surface area contributed by atoms with Gasteiger partial charge in [0.2, 0.25) is 0 Å². The molecule has 0 aromatic heterocycles. The van der Waals surface area contributed by atoms with E-state index in [9.17, 15) is 0 Å². The van der Waals surface area contributed by atoms with Crippen LogP contribution < -0.4 is 0 Å². The summed E-state index contributed by atoms with van der Waals surface area (Å²) in [5, 5.41) is 0. The molecule has 0 amide bonds. The van der Waals surface area contributed by atoms with E-state index < -0.39 is 0 Å². The first-order valence-corrected chi connectivity index (χ1v) is 5.83. The van der Waals surface area contributed by atoms with Crippen LogP contribution in [0.3, 0.4) is 0 Å². The average molecular weight is 210 g/mol. The Morgan fingerprint density at radius 3 is 2.88 bits per heavy atom. The maximum atomic E-state index is 4.12. The zero-order chi connectivity index (χ0) is 11.4. The summed E-state index contributed by atoms with van der Waals surface area (Å²) in [7, 11) is 0. The van der Waals surface area contributed by atoms with Crippen LogP contribution in [-0.2, 0) is 0 Å². The lowest BCUT2D eigenvalue weighted by Gasteiger charge is -2.20. The van der Waals surface area contributed by atoms with E-state index in [0.29, 0.717) is 5.92 Å². The summed E-state index contributed by atoms with van der Waals surface area (Å²) in [4.78, 5) is 0. The second kappa shape index (κ2) is 4.98. The summed E-state index contributed by atoms with van der Waals surface area (Å²) in [6.07, 6.45) is 19.6. The van der Waals surface area contributed by atoms with Crippen LogP contribution in [0, 0.1) is 5.92 Å². The Bertz CT molecular complexity index is 425. The monoisotopic (exact) mass is 210 g/mol. The minimum absolute atomic E-state index is 0.577. The zero-order valence-electron chi connectivity index (χ0n) is 9.82. The molecule has 0 saturated carbocycles. The van der Waals surface area contributed by atoms with Crippen molar-refractivity contribution in [3.63, 3.8) is 0 Å². The Labute approximate surface area is 98.1 Å². The van der Waals surface area contributed by atoms with Crippen molar-refractivity contribution in [2.24, 2.45) is 5.92 Å². The van der Waals surface area contributed by atoms with Crippen molar-refractivity contribution in [3.8, 4) is 0 Å². The van der Waals surface area contributed by atoms with Crippen LogP contribution in [0.4, 0.5) is 0 Å². The average Bonchev–Trinajstić information content (AvgIpc) is 2.30. The Morgan fingerprint density at radius 1 is 1.12 bits per heavy atom. The molecule has 2 bridgehead atoms. The first-order chi connectivity index (χ1) is 7.75. The van der Waals surface area contributed by atoms with Gasteiger partial charge in [0, 0.05) is 0 Å². The lowest BCUT2D eigenvalue weighted by Crippen LogP contribution is -2.06. The minimum Gasteiger partial charge on any atom is -0.0955 e. The van der Waals surface area contributed by atoms with E-state index in [1.54, 1.807) is 0 Å². The normalized spacial score (nSPS) is 35.3. The summed E-state index contributed by atoms with van der Waals surface area (Å²) in [6, 6.07) is 0. The van der Waals surface area contributed by atoms with Crippen LogP contribution in [0.1, 0.15) is 19.8 Å². The van der Waals surface area contributed by atoms with Crippen molar-refractivity contribution in [2.45, 2.75) is 19.8 Å². The topological polar surface area (TPSA) is 0 Å². The molecule has 0 spiro atoms. The van der Waals surface area contributed by atoms with E-state index in [4.69, 9.17) is 0 Å². The second-order valence-electron chi connectivity index (χ2n) is 4.48. The quantitative estimate of drug-likeness (QED) is 0.552. The third kappa shape index (κ3) is 2.73. The lowest BCUT2D eigenvalue weighted by molar-refractivity contribution is 0.627. The molecule has 0 nitrogen and oxygen atoms in total. The van der Waals surface area contributed by atoms with Crippen LogP contribution in [0.2, 0.25) is 0 Å². The van der Waals surface area contributed by atoms with Gasteiger partial charge in [-0.05, 0) is 31.3 Å². The number of allylic oxidation sites excluding steroid dienone is 11. The van der Waals surface area contributed by atoms with E-state index in [2.05, 4.69) is 62.1 Å². The molecule has 1 atom stereocenters. The highest BCUT2D eigenvalue weighted by atomic mass is 14.2. The summed E-state index contributed by atoms with van der Waals surface area (Å²) >= 11 is 0. The fourth-order valence-corrected chi connectivity index (χ4v) is 2.03. The molecule has 0 heteroatoms. The first kappa shape index (κ1) is 10.9. The maximum Gasteiger partial charge on any atom is -0.00927 e. The van der Waals surface area contributed by atoms with Crippen LogP contribution in [-0.4, -0.2) is 0 Å². The molecule has 0 heterocycles. The lowest BCUT2D eigenvalue weighted by atomic mass is 9.85. The standard InChI is InChI=1S/C16H18/c1-13-6-3-4-9-16-12-15(8-5-7-13)11-10-14(16)2/h3-8,10-11,16H,2,9,12H2,1H3/b4-3-,7-5+,13-6+,15-8-. The predicted octanol–water partition coefficient (Wildman–Crippen LogP) is 4.51. The third-order valence-electron chi connectivity index (χ3n) is 3.10. The highest BCUT2D eigenvalue weighted by molar-refractivity contribution is 5.38. The molecule has 2 aliphatic carbocycles. The molecule has 0 saturated heterocycles. The molecule has 1 unspecified atom stereocenters. The summed E-state index contributed by atoms with van der Waals surface area (Å²) < 4.78 is 0. The van der Waals surface area contributed by atoms with Crippen molar-refractivity contribution in [2.75, 3.05) is 0 Å². The molecule has 0 aromatic rings. The number of hydrogen-bond acceptors (Lipinski definition) is 0. The molecule has 0 fully saturated rings. The van der Waals surface area contributed by atoms with Gasteiger partial charge in [-0.1, -0.05) is 66.3 Å². The van der Waals surface area contributed by atoms with Crippen LogP contribution in [0.15, 0.2) is 71.9 Å². The molecule has 0 N–H and O–H groups in total. The first-order valence-electron chi connectivity index (χ1n) is 5.83. The number of hydrogen-bond donors (Lipinski definition) is 0. The van der Waals surface area contributed by atoms with Gasteiger partial charge in [-0.2, -0.15) is 0 Å². The fraction of sp³-hybridized carbons (Fsp3) is 0.250. The maximum absolute atomic E-state index is 4.12. The van der Waals surface area contributed by atoms with Gasteiger partial charge in [-0.25, -0.2) is 0 Å². The van der Waals surface area contributed by atoms with Gasteiger partial charge in [0.05, 0.1) is 0 Å². The Kier molecular flexibility index (Phi) is 3.40. The molecular weight excluding hydrogens is 192 g/mol. The summed E-state index contributed by atoms with van der Waals surface area (Å²) in [5.41, 5.74) is 3.94. The SMILES string of the molecule is C=C1C=C/C2=C/C=C/C(C)=C/C=C\CC1C2. The minimum atomic E-state index is 0.577. The van der Waals surface area contributed by atoms with Crippen molar-refractivity contribution < 1.29 is 0 Å². The second-order valence-corrected chi connectivity index (χ2v) is 4.48. The van der Waals surface area contributed by atoms with Crippen molar-refractivity contribution in [1.82, 2.24) is 0 Å². The van der Waals surface area contributed by atoms with Gasteiger partial charge in [0.15, 0.2) is 0 Å². The van der Waals surface area contributed by atoms with Crippen molar-refractivity contribution >= 4 is 0 Å². The molecule has 0 aliphatic heterocycles. The van der Waals surface area contributed by atoms with Crippen molar-refractivity contribution in [1.29, 1.82) is 0 Å². The number of fused-ring (bicyclic) bond motifs is 2. The van der Waals surface area contributed by atoms with E-state index in [0.717, 1.165) is 12.8 Å². The molecule has 82 valence electrons. The number of rotatable bonds is 0. The van der Waals surface area contributed by atoms with Gasteiger partial charge in [0.1, 0.15) is 0 Å². The molecule has 2 aliphatic rings. The molecule has 0 aromatic carbocycles. The molecule has 0 radical (unpaired) electrons. The van der Waals surface area contributed by atoms with Crippen molar-refractivity contribution in [3.05, 3.63) is 71.9 Å². The highest BCUT2D eigenvalue weighted by Crippen LogP contribution is 2.29. The summed E-state index contributed by atoms with van der Waals surface area (Å²) in [5.74, 6) is 0.577. The van der Waals surface area contributed by atoms with E-state index in [-0.39, 0.29) is 0 Å². The Hall–Kier alpha value is -1.56. The Morgan fingerprint density at radius 2 is 2.00 bits per heavy atom. The van der Waals surface area contributed by atoms with E-state index in [1.807, 2.05) is 0 Å². The van der Waals surface area contributed by atoms with E-state index in [1.165, 1.54) is 16.7 Å². The Balaban J connectivity index is 2.31. The van der Waals surface area contributed by atoms with Gasteiger partial charge >= 0.3 is 0 Å². The van der Waals surface area contributed by atoms with Crippen LogP contribution in [0.25, 0.3) is 0 Å². The smallest absolute Gasteiger partial charge is 0.00927 e. The molecule has 16 heavy (non-hydrogen) atoms. The van der Waals surface area contributed by atoms with Crippen LogP contribution in [0.5, 0.6) is 0 Å². The van der Waals surface area contributed by atoms with Gasteiger partial charge in [0.25, 0.3) is 0 Å². The van der Waals surface area contributed by atoms with E-state index >= 15 is 0 Å². The predicted molar refractivity (Wildman–Crippen MR) is 71.1 cm³/mol. The van der Waals surface area contributed by atoms with Gasteiger partial charge < -0.3 is 0 Å². The summed E-state index contributed by atoms with van der Waals surface area (Å²) in [6.45, 7) is 6.24. The van der Waals surface area contributed by atoms with Crippen LogP contribution >= 0.6 is 0 Å². The van der Waals surface area contributed by atoms with Gasteiger partial charge in [-0.3, -0.25) is 0 Å². The fourth-order valence-electron chi connectivity index (χ4n) is 2.03. The largest absolute Gasteiger partial charge is 0.0955 e. The van der Waals surface area contributed by atoms with Gasteiger partial charge in [-0.15, -0.1) is 0 Å². The molecular formula is C16H18. The zero-order valence-corrected chi connectivity index (χ0v) is 9.82. The highest BCUT2D eigenvalue weighted by Gasteiger charge is 2.14. The third-order valence-corrected chi connectivity index (χ3v) is 3.10. The molecule has 2 rings (SSSR count).